The van der Waals surface area contributed by atoms with E-state index in [4.69, 9.17) is 4.74 Å². The van der Waals surface area contributed by atoms with Gasteiger partial charge in [0.25, 0.3) is 0 Å². The minimum Gasteiger partial charge on any atom is -0.378 e. The monoisotopic (exact) mass is 226 g/mol. The second-order valence-electron chi connectivity index (χ2n) is 4.99. The molecule has 0 aromatic rings. The Labute approximate surface area is 97.1 Å². The van der Waals surface area contributed by atoms with Gasteiger partial charge in [0, 0.05) is 25.0 Å². The van der Waals surface area contributed by atoms with Gasteiger partial charge in [-0.25, -0.2) is 0 Å². The van der Waals surface area contributed by atoms with Crippen LogP contribution in [0.1, 0.15) is 26.2 Å². The van der Waals surface area contributed by atoms with E-state index in [1.165, 1.54) is 12.8 Å². The molecule has 1 aliphatic carbocycles. The van der Waals surface area contributed by atoms with Crippen LogP contribution >= 0.6 is 0 Å². The van der Waals surface area contributed by atoms with Gasteiger partial charge in [-0.2, -0.15) is 0 Å². The van der Waals surface area contributed by atoms with Crippen molar-refractivity contribution >= 4 is 5.91 Å². The van der Waals surface area contributed by atoms with E-state index >= 15 is 0 Å². The zero-order chi connectivity index (χ0) is 11.4. The maximum atomic E-state index is 11.9. The Morgan fingerprint density at radius 1 is 1.50 bits per heavy atom. The van der Waals surface area contributed by atoms with Crippen LogP contribution in [0.15, 0.2) is 0 Å². The number of ether oxygens (including phenoxy) is 1. The summed E-state index contributed by atoms with van der Waals surface area (Å²) in [6.07, 6.45) is 3.45. The third-order valence-electron chi connectivity index (χ3n) is 3.72. The van der Waals surface area contributed by atoms with Crippen molar-refractivity contribution in [1.82, 2.24) is 10.6 Å². The van der Waals surface area contributed by atoms with Crippen LogP contribution in [-0.2, 0) is 9.53 Å². The van der Waals surface area contributed by atoms with Crippen molar-refractivity contribution in [3.63, 3.8) is 0 Å². The third-order valence-corrected chi connectivity index (χ3v) is 3.72. The summed E-state index contributed by atoms with van der Waals surface area (Å²) in [7, 11) is 0. The minimum absolute atomic E-state index is 0.234. The molecule has 2 N–H and O–H groups in total. The van der Waals surface area contributed by atoms with E-state index in [9.17, 15) is 4.79 Å². The van der Waals surface area contributed by atoms with Gasteiger partial charge in [0.15, 0.2) is 0 Å². The maximum Gasteiger partial charge on any atom is 0.223 e. The molecule has 4 heteroatoms. The van der Waals surface area contributed by atoms with Gasteiger partial charge in [-0.1, -0.05) is 13.3 Å². The minimum atomic E-state index is 0.234. The summed E-state index contributed by atoms with van der Waals surface area (Å²) in [6.45, 7) is 5.26. The van der Waals surface area contributed by atoms with Crippen LogP contribution in [0.5, 0.6) is 0 Å². The first-order valence-corrected chi connectivity index (χ1v) is 6.36. The van der Waals surface area contributed by atoms with Gasteiger partial charge in [-0.05, 0) is 18.8 Å². The molecule has 1 aliphatic heterocycles. The van der Waals surface area contributed by atoms with Crippen LogP contribution in [-0.4, -0.2) is 38.3 Å². The van der Waals surface area contributed by atoms with Crippen LogP contribution in [0.2, 0.25) is 0 Å². The Morgan fingerprint density at radius 3 is 3.00 bits per heavy atom. The Kier molecular flexibility index (Phi) is 4.18. The van der Waals surface area contributed by atoms with E-state index in [-0.39, 0.29) is 17.9 Å². The molecule has 3 atom stereocenters. The first kappa shape index (κ1) is 11.9. The topological polar surface area (TPSA) is 50.4 Å². The van der Waals surface area contributed by atoms with Crippen LogP contribution in [0.25, 0.3) is 0 Å². The van der Waals surface area contributed by atoms with Gasteiger partial charge in [-0.3, -0.25) is 4.79 Å². The van der Waals surface area contributed by atoms with Gasteiger partial charge in [0.05, 0.1) is 13.2 Å². The lowest BCUT2D eigenvalue weighted by atomic mass is 9.97. The number of amides is 1. The molecule has 16 heavy (non-hydrogen) atoms. The van der Waals surface area contributed by atoms with E-state index in [1.807, 2.05) is 0 Å². The average Bonchev–Trinajstić information content (AvgIpc) is 2.74. The Hall–Kier alpha value is -0.610. The highest BCUT2D eigenvalue weighted by Gasteiger charge is 2.29. The number of hydrogen-bond donors (Lipinski definition) is 2. The van der Waals surface area contributed by atoms with Crippen LogP contribution in [0.3, 0.4) is 0 Å². The molecule has 92 valence electrons. The number of carbonyl (C=O) groups is 1. The van der Waals surface area contributed by atoms with E-state index in [2.05, 4.69) is 17.6 Å². The zero-order valence-electron chi connectivity index (χ0n) is 10.00. The van der Waals surface area contributed by atoms with Crippen molar-refractivity contribution in [3.05, 3.63) is 0 Å². The number of rotatable bonds is 3. The molecular weight excluding hydrogens is 204 g/mol. The Bertz CT molecular complexity index is 239. The van der Waals surface area contributed by atoms with Crippen LogP contribution in [0.4, 0.5) is 0 Å². The van der Waals surface area contributed by atoms with E-state index < -0.39 is 0 Å². The summed E-state index contributed by atoms with van der Waals surface area (Å²) < 4.78 is 5.35. The van der Waals surface area contributed by atoms with Crippen molar-refractivity contribution in [2.24, 2.45) is 11.8 Å². The number of nitrogens with one attached hydrogen (secondary N) is 2. The molecule has 0 radical (unpaired) electrons. The standard InChI is InChI=1S/C12H22N2O2/c1-9-3-2-4-11(9)12(15)14-7-10-8-16-6-5-13-10/h9-11,13H,2-8H2,1H3,(H,14,15). The Balaban J connectivity index is 1.70. The van der Waals surface area contributed by atoms with E-state index in [1.54, 1.807) is 0 Å². The number of morpholine rings is 1. The molecule has 1 amide bonds. The van der Waals surface area contributed by atoms with Crippen molar-refractivity contribution < 1.29 is 9.53 Å². The van der Waals surface area contributed by atoms with Gasteiger partial charge in [-0.15, -0.1) is 0 Å². The fourth-order valence-electron chi connectivity index (χ4n) is 2.64. The molecule has 0 aromatic carbocycles. The quantitative estimate of drug-likeness (QED) is 0.738. The van der Waals surface area contributed by atoms with E-state index in [0.717, 1.165) is 19.6 Å². The van der Waals surface area contributed by atoms with Gasteiger partial charge < -0.3 is 15.4 Å². The molecular formula is C12H22N2O2. The zero-order valence-corrected chi connectivity index (χ0v) is 10.00. The molecule has 0 aromatic heterocycles. The second kappa shape index (κ2) is 5.64. The summed E-state index contributed by atoms with van der Waals surface area (Å²) in [5.41, 5.74) is 0. The largest absolute Gasteiger partial charge is 0.378 e. The fraction of sp³-hybridized carbons (Fsp3) is 0.917. The summed E-state index contributed by atoms with van der Waals surface area (Å²) in [5, 5.41) is 6.38. The van der Waals surface area contributed by atoms with E-state index in [0.29, 0.717) is 19.1 Å². The third kappa shape index (κ3) is 2.95. The summed E-state index contributed by atoms with van der Waals surface area (Å²) >= 11 is 0. The van der Waals surface area contributed by atoms with Gasteiger partial charge in [0.1, 0.15) is 0 Å². The molecule has 1 saturated carbocycles. The highest BCUT2D eigenvalue weighted by Crippen LogP contribution is 2.31. The number of carbonyl (C=O) groups excluding carboxylic acids is 1. The molecule has 0 spiro atoms. The molecule has 4 nitrogen and oxygen atoms in total. The summed E-state index contributed by atoms with van der Waals surface area (Å²) in [5.74, 6) is 1.03. The molecule has 2 fully saturated rings. The smallest absolute Gasteiger partial charge is 0.223 e. The fourth-order valence-corrected chi connectivity index (χ4v) is 2.64. The summed E-state index contributed by atoms with van der Waals surface area (Å²) in [4.78, 5) is 11.9. The van der Waals surface area contributed by atoms with Crippen molar-refractivity contribution in [2.75, 3.05) is 26.3 Å². The molecule has 1 saturated heterocycles. The predicted molar refractivity (Wildman–Crippen MR) is 62.1 cm³/mol. The average molecular weight is 226 g/mol. The molecule has 3 unspecified atom stereocenters. The van der Waals surface area contributed by atoms with Crippen LogP contribution in [0, 0.1) is 11.8 Å². The normalized spacial score (nSPS) is 34.9. The van der Waals surface area contributed by atoms with Crippen molar-refractivity contribution in [2.45, 2.75) is 32.2 Å². The first-order valence-electron chi connectivity index (χ1n) is 6.36. The van der Waals surface area contributed by atoms with Crippen molar-refractivity contribution in [3.8, 4) is 0 Å². The summed E-state index contributed by atoms with van der Waals surface area (Å²) in [6, 6.07) is 0.286. The Morgan fingerprint density at radius 2 is 2.38 bits per heavy atom. The lowest BCUT2D eigenvalue weighted by molar-refractivity contribution is -0.126. The highest BCUT2D eigenvalue weighted by atomic mass is 16.5. The second-order valence-corrected chi connectivity index (χ2v) is 4.99. The lowest BCUT2D eigenvalue weighted by Gasteiger charge is -2.25. The van der Waals surface area contributed by atoms with Gasteiger partial charge >= 0.3 is 0 Å². The van der Waals surface area contributed by atoms with Gasteiger partial charge in [0.2, 0.25) is 5.91 Å². The SMILES string of the molecule is CC1CCCC1C(=O)NCC1COCCN1. The van der Waals surface area contributed by atoms with Crippen molar-refractivity contribution in [1.29, 1.82) is 0 Å². The predicted octanol–water partition coefficient (Wildman–Crippen LogP) is 0.527. The highest BCUT2D eigenvalue weighted by molar-refractivity contribution is 5.79. The molecule has 2 aliphatic rings. The molecule has 2 rings (SSSR count). The molecule has 1 heterocycles. The first-order chi connectivity index (χ1) is 7.77. The number of hydrogen-bond acceptors (Lipinski definition) is 3. The van der Waals surface area contributed by atoms with Crippen LogP contribution < -0.4 is 10.6 Å². The maximum absolute atomic E-state index is 11.9. The lowest BCUT2D eigenvalue weighted by Crippen LogP contribution is -2.49. The molecule has 0 bridgehead atoms.